The third kappa shape index (κ3) is 3.41. The molecule has 1 fully saturated rings. The van der Waals surface area contributed by atoms with Crippen molar-refractivity contribution in [2.45, 2.75) is 19.6 Å². The van der Waals surface area contributed by atoms with Gasteiger partial charge in [0, 0.05) is 0 Å². The lowest BCUT2D eigenvalue weighted by Gasteiger charge is -2.37. The Bertz CT molecular complexity index is 901. The molecular formula is C20H20N2O4. The summed E-state index contributed by atoms with van der Waals surface area (Å²) in [4.78, 5) is 18.3. The molecule has 0 spiro atoms. The minimum absolute atomic E-state index is 0.167. The Kier molecular flexibility index (Phi) is 4.58. The van der Waals surface area contributed by atoms with Crippen LogP contribution in [0.3, 0.4) is 0 Å². The van der Waals surface area contributed by atoms with Crippen LogP contribution in [0.2, 0.25) is 0 Å². The fraction of sp³-hybridized carbons (Fsp3) is 0.300. The molecule has 1 aliphatic heterocycles. The first-order valence-corrected chi connectivity index (χ1v) is 8.71. The molecule has 0 unspecified atom stereocenters. The number of nitrogens with zero attached hydrogens (tertiary/aromatic N) is 2. The van der Waals surface area contributed by atoms with E-state index in [-0.39, 0.29) is 12.1 Å². The predicted octanol–water partition coefficient (Wildman–Crippen LogP) is 3.41. The number of oxazole rings is 1. The Morgan fingerprint density at radius 2 is 2.04 bits per heavy atom. The van der Waals surface area contributed by atoms with Crippen molar-refractivity contribution in [1.82, 2.24) is 4.98 Å². The molecular weight excluding hydrogens is 332 g/mol. The zero-order valence-electron chi connectivity index (χ0n) is 14.6. The molecule has 6 heteroatoms. The number of ether oxygens (including phenoxy) is 2. The maximum Gasteiger partial charge on any atom is 0.338 e. The van der Waals surface area contributed by atoms with E-state index in [4.69, 9.17) is 13.9 Å². The van der Waals surface area contributed by atoms with Gasteiger partial charge >= 0.3 is 5.97 Å². The third-order valence-electron chi connectivity index (χ3n) is 4.34. The summed E-state index contributed by atoms with van der Waals surface area (Å²) in [6, 6.07) is 15.8. The van der Waals surface area contributed by atoms with Crippen molar-refractivity contribution in [3.05, 3.63) is 59.7 Å². The highest BCUT2D eigenvalue weighted by molar-refractivity contribution is 5.93. The van der Waals surface area contributed by atoms with Crippen LogP contribution >= 0.6 is 0 Å². The van der Waals surface area contributed by atoms with E-state index in [1.165, 1.54) is 5.56 Å². The van der Waals surface area contributed by atoms with Crippen LogP contribution in [-0.4, -0.2) is 36.8 Å². The molecule has 0 N–H and O–H groups in total. The predicted molar refractivity (Wildman–Crippen MR) is 97.2 cm³/mol. The van der Waals surface area contributed by atoms with Gasteiger partial charge in [0.25, 0.3) is 6.01 Å². The van der Waals surface area contributed by atoms with E-state index < -0.39 is 0 Å². The van der Waals surface area contributed by atoms with Gasteiger partial charge in [-0.05, 0) is 30.7 Å². The van der Waals surface area contributed by atoms with Crippen molar-refractivity contribution in [2.24, 2.45) is 0 Å². The third-order valence-corrected chi connectivity index (χ3v) is 4.34. The molecule has 0 saturated carbocycles. The number of carbonyl (C=O) groups excluding carboxylic acids is 1. The standard InChI is InChI=1S/C20H20N2O4/c1-2-24-19(23)15-8-9-17-18(10-15)26-20(21-17)22-11-16(12-22)25-13-14-6-4-3-5-7-14/h3-10,16H,2,11-13H2,1H3. The maximum absolute atomic E-state index is 11.8. The van der Waals surface area contributed by atoms with Crippen LogP contribution < -0.4 is 4.90 Å². The number of benzene rings is 2. The maximum atomic E-state index is 11.8. The topological polar surface area (TPSA) is 64.8 Å². The highest BCUT2D eigenvalue weighted by atomic mass is 16.5. The van der Waals surface area contributed by atoms with E-state index in [1.54, 1.807) is 25.1 Å². The summed E-state index contributed by atoms with van der Waals surface area (Å²) in [7, 11) is 0. The average molecular weight is 352 g/mol. The van der Waals surface area contributed by atoms with Crippen LogP contribution in [0.15, 0.2) is 52.9 Å². The quantitative estimate of drug-likeness (QED) is 0.634. The molecule has 26 heavy (non-hydrogen) atoms. The van der Waals surface area contributed by atoms with Gasteiger partial charge in [-0.2, -0.15) is 4.98 Å². The summed E-state index contributed by atoms with van der Waals surface area (Å²) >= 11 is 0. The monoisotopic (exact) mass is 352 g/mol. The lowest BCUT2D eigenvalue weighted by molar-refractivity contribution is 0.0205. The minimum atomic E-state index is -0.356. The Balaban J connectivity index is 1.37. The second-order valence-electron chi connectivity index (χ2n) is 6.22. The summed E-state index contributed by atoms with van der Waals surface area (Å²) in [5, 5.41) is 0. The number of anilines is 1. The van der Waals surface area contributed by atoms with Crippen LogP contribution in [0.5, 0.6) is 0 Å². The van der Waals surface area contributed by atoms with Crippen molar-refractivity contribution in [2.75, 3.05) is 24.6 Å². The first-order chi connectivity index (χ1) is 12.7. The fourth-order valence-corrected chi connectivity index (χ4v) is 2.88. The van der Waals surface area contributed by atoms with E-state index in [0.29, 0.717) is 30.4 Å². The molecule has 0 bridgehead atoms. The molecule has 1 saturated heterocycles. The van der Waals surface area contributed by atoms with Gasteiger partial charge < -0.3 is 18.8 Å². The summed E-state index contributed by atoms with van der Waals surface area (Å²) in [6.45, 7) is 4.21. The lowest BCUT2D eigenvalue weighted by atomic mass is 10.2. The van der Waals surface area contributed by atoms with Gasteiger partial charge in [0.2, 0.25) is 0 Å². The van der Waals surface area contributed by atoms with Gasteiger partial charge in [0.1, 0.15) is 5.52 Å². The SMILES string of the molecule is CCOC(=O)c1ccc2nc(N3CC(OCc4ccccc4)C3)oc2c1. The largest absolute Gasteiger partial charge is 0.462 e. The number of hydrogen-bond donors (Lipinski definition) is 0. The number of esters is 1. The molecule has 0 amide bonds. The zero-order chi connectivity index (χ0) is 17.9. The molecule has 4 rings (SSSR count). The molecule has 1 aliphatic rings. The normalized spacial score (nSPS) is 14.4. The molecule has 2 heterocycles. The molecule has 6 nitrogen and oxygen atoms in total. The zero-order valence-corrected chi connectivity index (χ0v) is 14.6. The second kappa shape index (κ2) is 7.17. The number of fused-ring (bicyclic) bond motifs is 1. The highest BCUT2D eigenvalue weighted by Crippen LogP contribution is 2.27. The van der Waals surface area contributed by atoms with E-state index in [9.17, 15) is 4.79 Å². The molecule has 0 atom stereocenters. The van der Waals surface area contributed by atoms with E-state index in [1.807, 2.05) is 23.1 Å². The van der Waals surface area contributed by atoms with E-state index in [0.717, 1.165) is 18.6 Å². The van der Waals surface area contributed by atoms with Gasteiger partial charge in [0.05, 0.1) is 38.0 Å². The van der Waals surface area contributed by atoms with Crippen LogP contribution in [0.4, 0.5) is 6.01 Å². The van der Waals surface area contributed by atoms with Crippen molar-refractivity contribution in [3.63, 3.8) is 0 Å². The van der Waals surface area contributed by atoms with Gasteiger partial charge in [-0.3, -0.25) is 0 Å². The van der Waals surface area contributed by atoms with Gasteiger partial charge in [0.15, 0.2) is 5.58 Å². The van der Waals surface area contributed by atoms with Crippen molar-refractivity contribution in [3.8, 4) is 0 Å². The number of carbonyl (C=O) groups is 1. The first-order valence-electron chi connectivity index (χ1n) is 8.71. The second-order valence-corrected chi connectivity index (χ2v) is 6.22. The Morgan fingerprint density at radius 3 is 2.81 bits per heavy atom. The number of aromatic nitrogens is 1. The van der Waals surface area contributed by atoms with Crippen molar-refractivity contribution in [1.29, 1.82) is 0 Å². The van der Waals surface area contributed by atoms with Gasteiger partial charge in [-0.25, -0.2) is 4.79 Å². The summed E-state index contributed by atoms with van der Waals surface area (Å²) < 4.78 is 16.7. The van der Waals surface area contributed by atoms with Crippen molar-refractivity contribution >= 4 is 23.1 Å². The molecule has 0 aliphatic carbocycles. The smallest absolute Gasteiger partial charge is 0.338 e. The van der Waals surface area contributed by atoms with Crippen molar-refractivity contribution < 1.29 is 18.7 Å². The Morgan fingerprint density at radius 1 is 1.23 bits per heavy atom. The van der Waals surface area contributed by atoms with Gasteiger partial charge in [-0.1, -0.05) is 30.3 Å². The number of hydrogen-bond acceptors (Lipinski definition) is 6. The van der Waals surface area contributed by atoms with Crippen LogP contribution in [0, 0.1) is 0 Å². The highest BCUT2D eigenvalue weighted by Gasteiger charge is 2.31. The summed E-state index contributed by atoms with van der Waals surface area (Å²) in [6.07, 6.45) is 0.167. The van der Waals surface area contributed by atoms with Crippen LogP contribution in [0.25, 0.3) is 11.1 Å². The molecule has 2 aromatic carbocycles. The lowest BCUT2D eigenvalue weighted by Crippen LogP contribution is -2.52. The van der Waals surface area contributed by atoms with E-state index in [2.05, 4.69) is 17.1 Å². The molecule has 1 aromatic heterocycles. The molecule has 134 valence electrons. The minimum Gasteiger partial charge on any atom is -0.462 e. The average Bonchev–Trinajstić information content (AvgIpc) is 3.04. The fourth-order valence-electron chi connectivity index (χ4n) is 2.88. The number of rotatable bonds is 6. The van der Waals surface area contributed by atoms with Crippen LogP contribution in [-0.2, 0) is 16.1 Å². The Hall–Kier alpha value is -2.86. The Labute approximate surface area is 151 Å². The van der Waals surface area contributed by atoms with Gasteiger partial charge in [-0.15, -0.1) is 0 Å². The summed E-state index contributed by atoms with van der Waals surface area (Å²) in [5.41, 5.74) is 2.94. The first kappa shape index (κ1) is 16.6. The molecule has 3 aromatic rings. The van der Waals surface area contributed by atoms with Crippen LogP contribution in [0.1, 0.15) is 22.8 Å². The molecule has 0 radical (unpaired) electrons. The van der Waals surface area contributed by atoms with E-state index >= 15 is 0 Å². The summed E-state index contributed by atoms with van der Waals surface area (Å²) in [5.74, 6) is -0.356.